The van der Waals surface area contributed by atoms with Crippen molar-refractivity contribution in [3.05, 3.63) is 59.6 Å². The van der Waals surface area contributed by atoms with Crippen LogP contribution in [0.2, 0.25) is 0 Å². The van der Waals surface area contributed by atoms with Gasteiger partial charge in [0, 0.05) is 24.3 Å². The summed E-state index contributed by atoms with van der Waals surface area (Å²) in [6, 6.07) is 7.42. The van der Waals surface area contributed by atoms with Crippen LogP contribution in [0.5, 0.6) is 0 Å². The lowest BCUT2D eigenvalue weighted by atomic mass is 10.1. The molecule has 4 rings (SSSR count). The highest BCUT2D eigenvalue weighted by molar-refractivity contribution is 5.94. The minimum atomic E-state index is -1.02. The number of pyridine rings is 1. The quantitative estimate of drug-likeness (QED) is 0.531. The van der Waals surface area contributed by atoms with Crippen LogP contribution in [0.4, 0.5) is 8.78 Å². The second kappa shape index (κ2) is 8.90. The van der Waals surface area contributed by atoms with Gasteiger partial charge in [0.05, 0.1) is 6.54 Å². The molecule has 1 fully saturated rings. The number of carbonyl (C=O) groups is 1. The van der Waals surface area contributed by atoms with E-state index in [2.05, 4.69) is 16.5 Å². The summed E-state index contributed by atoms with van der Waals surface area (Å²) in [6.07, 6.45) is 7.98. The van der Waals surface area contributed by atoms with Crippen molar-refractivity contribution in [2.75, 3.05) is 6.54 Å². The van der Waals surface area contributed by atoms with Gasteiger partial charge in [-0.15, -0.1) is 0 Å². The fraction of sp³-hybridized carbons (Fsp3) is 0.435. The maximum absolute atomic E-state index is 13.7. The smallest absolute Gasteiger partial charge is 0.254 e. The molecule has 30 heavy (non-hydrogen) atoms. The predicted molar refractivity (Wildman–Crippen MR) is 111 cm³/mol. The Labute approximate surface area is 174 Å². The summed E-state index contributed by atoms with van der Waals surface area (Å²) in [5.74, 6) is -1.50. The zero-order chi connectivity index (χ0) is 21.1. The molecule has 2 heterocycles. The first kappa shape index (κ1) is 20.4. The van der Waals surface area contributed by atoms with Crippen LogP contribution in [0.25, 0.3) is 11.2 Å². The molecule has 1 aliphatic carbocycles. The van der Waals surface area contributed by atoms with Crippen molar-refractivity contribution in [3.63, 3.8) is 0 Å². The molecule has 1 aromatic carbocycles. The fourth-order valence-electron chi connectivity index (χ4n) is 4.22. The second-order valence-electron chi connectivity index (χ2n) is 7.89. The Balaban J connectivity index is 1.69. The molecule has 1 aliphatic rings. The standard InChI is InChI=1S/C23H26F2N4O/c1-2-3-13-28(23(30)16-10-11-18(24)19(25)14-16)15-21-27-20-9-6-12-26-22(20)29(21)17-7-4-5-8-17/h6,9-12,14,17H,2-5,7-8,13,15H2,1H3. The van der Waals surface area contributed by atoms with E-state index >= 15 is 0 Å². The van der Waals surface area contributed by atoms with Crippen LogP contribution >= 0.6 is 0 Å². The summed E-state index contributed by atoms with van der Waals surface area (Å²) in [6.45, 7) is 2.89. The van der Waals surface area contributed by atoms with Crippen molar-refractivity contribution in [2.24, 2.45) is 0 Å². The molecule has 3 aromatic rings. The molecule has 0 aliphatic heterocycles. The van der Waals surface area contributed by atoms with Crippen LogP contribution in [-0.4, -0.2) is 31.9 Å². The zero-order valence-corrected chi connectivity index (χ0v) is 17.2. The molecule has 1 saturated carbocycles. The Kier molecular flexibility index (Phi) is 6.06. The third-order valence-corrected chi connectivity index (χ3v) is 5.78. The maximum atomic E-state index is 13.7. The largest absolute Gasteiger partial charge is 0.331 e. The monoisotopic (exact) mass is 412 g/mol. The molecule has 0 unspecified atom stereocenters. The van der Waals surface area contributed by atoms with Crippen molar-refractivity contribution >= 4 is 17.1 Å². The average molecular weight is 412 g/mol. The summed E-state index contributed by atoms with van der Waals surface area (Å²) in [4.78, 5) is 24.2. The lowest BCUT2D eigenvalue weighted by Crippen LogP contribution is -2.33. The summed E-state index contributed by atoms with van der Waals surface area (Å²) in [5, 5.41) is 0. The number of hydrogen-bond acceptors (Lipinski definition) is 3. The lowest BCUT2D eigenvalue weighted by Gasteiger charge is -2.24. The second-order valence-corrected chi connectivity index (χ2v) is 7.89. The molecule has 0 bridgehead atoms. The molecule has 0 atom stereocenters. The SMILES string of the molecule is CCCCN(Cc1nc2cccnc2n1C1CCCC1)C(=O)c1ccc(F)c(F)c1. The van der Waals surface area contributed by atoms with Crippen molar-refractivity contribution in [3.8, 4) is 0 Å². The van der Waals surface area contributed by atoms with Gasteiger partial charge in [-0.3, -0.25) is 4.79 Å². The van der Waals surface area contributed by atoms with E-state index in [1.165, 1.54) is 18.9 Å². The Morgan fingerprint density at radius 3 is 2.73 bits per heavy atom. The number of hydrogen-bond donors (Lipinski definition) is 0. The molecule has 0 spiro atoms. The third-order valence-electron chi connectivity index (χ3n) is 5.78. The van der Waals surface area contributed by atoms with Crippen LogP contribution in [0.1, 0.15) is 67.7 Å². The van der Waals surface area contributed by atoms with Crippen LogP contribution in [-0.2, 0) is 6.54 Å². The molecule has 1 amide bonds. The molecule has 7 heteroatoms. The third kappa shape index (κ3) is 4.06. The first-order valence-electron chi connectivity index (χ1n) is 10.6. The van der Waals surface area contributed by atoms with E-state index < -0.39 is 11.6 Å². The average Bonchev–Trinajstić information content (AvgIpc) is 3.39. The van der Waals surface area contributed by atoms with E-state index in [1.54, 1.807) is 11.1 Å². The van der Waals surface area contributed by atoms with E-state index in [0.29, 0.717) is 19.1 Å². The minimum absolute atomic E-state index is 0.145. The van der Waals surface area contributed by atoms with Crippen molar-refractivity contribution in [1.29, 1.82) is 0 Å². The molecule has 2 aromatic heterocycles. The highest BCUT2D eigenvalue weighted by atomic mass is 19.2. The van der Waals surface area contributed by atoms with Gasteiger partial charge in [0.25, 0.3) is 5.91 Å². The summed E-state index contributed by atoms with van der Waals surface area (Å²) in [7, 11) is 0. The van der Waals surface area contributed by atoms with Crippen LogP contribution in [0.3, 0.4) is 0 Å². The van der Waals surface area contributed by atoms with Gasteiger partial charge >= 0.3 is 0 Å². The van der Waals surface area contributed by atoms with Gasteiger partial charge in [0.15, 0.2) is 17.3 Å². The van der Waals surface area contributed by atoms with Gasteiger partial charge in [-0.05, 0) is 49.6 Å². The minimum Gasteiger partial charge on any atom is -0.331 e. The van der Waals surface area contributed by atoms with E-state index in [1.807, 2.05) is 12.1 Å². The van der Waals surface area contributed by atoms with E-state index in [9.17, 15) is 13.6 Å². The highest BCUT2D eigenvalue weighted by Gasteiger charge is 2.26. The van der Waals surface area contributed by atoms with Gasteiger partial charge in [0.2, 0.25) is 0 Å². The lowest BCUT2D eigenvalue weighted by molar-refractivity contribution is 0.0733. The fourth-order valence-corrected chi connectivity index (χ4v) is 4.22. The first-order chi connectivity index (χ1) is 14.6. The summed E-state index contributed by atoms with van der Waals surface area (Å²) >= 11 is 0. The number of nitrogens with zero attached hydrogens (tertiary/aromatic N) is 4. The van der Waals surface area contributed by atoms with Crippen molar-refractivity contribution < 1.29 is 13.6 Å². The normalized spacial score (nSPS) is 14.5. The summed E-state index contributed by atoms with van der Waals surface area (Å²) < 4.78 is 29.2. The molecular formula is C23H26F2N4O. The summed E-state index contributed by atoms with van der Waals surface area (Å²) in [5.41, 5.74) is 1.80. The number of imidazole rings is 1. The zero-order valence-electron chi connectivity index (χ0n) is 17.2. The number of benzene rings is 1. The van der Waals surface area contributed by atoms with Crippen molar-refractivity contribution in [2.45, 2.75) is 58.0 Å². The van der Waals surface area contributed by atoms with Gasteiger partial charge < -0.3 is 9.47 Å². The number of unbranched alkanes of at least 4 members (excludes halogenated alkanes) is 1. The molecule has 158 valence electrons. The molecular weight excluding hydrogens is 386 g/mol. The van der Waals surface area contributed by atoms with Crippen LogP contribution in [0, 0.1) is 11.6 Å². The Morgan fingerprint density at radius 1 is 1.20 bits per heavy atom. The van der Waals surface area contributed by atoms with E-state index in [4.69, 9.17) is 4.98 Å². The molecule has 0 saturated heterocycles. The Bertz CT molecular complexity index is 1040. The van der Waals surface area contributed by atoms with Crippen LogP contribution in [0.15, 0.2) is 36.5 Å². The first-order valence-corrected chi connectivity index (χ1v) is 10.6. The molecule has 0 radical (unpaired) electrons. The van der Waals surface area contributed by atoms with Gasteiger partial charge in [-0.1, -0.05) is 26.2 Å². The number of carbonyl (C=O) groups excluding carboxylic acids is 1. The number of aromatic nitrogens is 3. The number of rotatable bonds is 7. The number of amides is 1. The van der Waals surface area contributed by atoms with Gasteiger partial charge in [0.1, 0.15) is 11.3 Å². The Hall–Kier alpha value is -2.83. The van der Waals surface area contributed by atoms with Gasteiger partial charge in [-0.25, -0.2) is 18.7 Å². The number of halogens is 2. The predicted octanol–water partition coefficient (Wildman–Crippen LogP) is 5.27. The molecule has 5 nitrogen and oxygen atoms in total. The van der Waals surface area contributed by atoms with E-state index in [0.717, 1.165) is 54.8 Å². The van der Waals surface area contributed by atoms with Crippen molar-refractivity contribution in [1.82, 2.24) is 19.4 Å². The number of fused-ring (bicyclic) bond motifs is 1. The molecule has 0 N–H and O–H groups in total. The Morgan fingerprint density at radius 2 is 2.00 bits per heavy atom. The highest BCUT2D eigenvalue weighted by Crippen LogP contribution is 2.33. The van der Waals surface area contributed by atoms with Gasteiger partial charge in [-0.2, -0.15) is 0 Å². The maximum Gasteiger partial charge on any atom is 0.254 e. The van der Waals surface area contributed by atoms with Crippen LogP contribution < -0.4 is 0 Å². The topological polar surface area (TPSA) is 51.0 Å². The van der Waals surface area contributed by atoms with E-state index in [-0.39, 0.29) is 11.5 Å².